The number of benzene rings is 1. The Morgan fingerprint density at radius 2 is 2.00 bits per heavy atom. The van der Waals surface area contributed by atoms with Crippen molar-refractivity contribution in [3.05, 3.63) is 39.4 Å². The fraction of sp³-hybridized carbons (Fsp3) is 0.550. The van der Waals surface area contributed by atoms with Crippen LogP contribution < -0.4 is 0 Å². The van der Waals surface area contributed by atoms with Gasteiger partial charge in [-0.05, 0) is 61.7 Å². The van der Waals surface area contributed by atoms with Gasteiger partial charge < -0.3 is 9.74 Å². The van der Waals surface area contributed by atoms with Gasteiger partial charge in [-0.2, -0.15) is 0 Å². The lowest BCUT2D eigenvalue weighted by molar-refractivity contribution is 0.113. The summed E-state index contributed by atoms with van der Waals surface area (Å²) in [5, 5.41) is 5.64. The first kappa shape index (κ1) is 20.3. The van der Waals surface area contributed by atoms with E-state index < -0.39 is 0 Å². The lowest BCUT2D eigenvalue weighted by Gasteiger charge is -2.23. The van der Waals surface area contributed by atoms with E-state index >= 15 is 0 Å². The maximum atomic E-state index is 6.14. The lowest BCUT2D eigenvalue weighted by atomic mass is 9.84. The maximum Gasteiger partial charge on any atom is 0.129 e. The summed E-state index contributed by atoms with van der Waals surface area (Å²) in [7, 11) is 0. The molecule has 138 valence electrons. The number of nitrogens with zero attached hydrogens (tertiary/aromatic N) is 2. The minimum absolute atomic E-state index is 0.413. The average Bonchev–Trinajstić information content (AvgIpc) is 2.60. The second-order valence-electron chi connectivity index (χ2n) is 6.47. The van der Waals surface area contributed by atoms with Gasteiger partial charge in [-0.1, -0.05) is 55.2 Å². The summed E-state index contributed by atoms with van der Waals surface area (Å²) in [6, 6.07) is 5.72. The van der Waals surface area contributed by atoms with Gasteiger partial charge in [-0.25, -0.2) is 0 Å². The fourth-order valence-corrected chi connectivity index (χ4v) is 3.41. The van der Waals surface area contributed by atoms with E-state index in [1.54, 1.807) is 0 Å². The van der Waals surface area contributed by atoms with Crippen LogP contribution in [0.25, 0.3) is 6.08 Å². The first-order valence-corrected chi connectivity index (χ1v) is 9.88. The molecule has 1 atom stereocenters. The van der Waals surface area contributed by atoms with Crippen molar-refractivity contribution in [2.75, 3.05) is 26.2 Å². The second kappa shape index (κ2) is 10.2. The molecule has 25 heavy (non-hydrogen) atoms. The molecule has 1 fully saturated rings. The Morgan fingerprint density at radius 1 is 1.24 bits per heavy atom. The molecular formula is C20H28Cl2N2O. The summed E-state index contributed by atoms with van der Waals surface area (Å²) in [5.74, 6) is 0.413. The molecule has 1 aromatic carbocycles. The van der Waals surface area contributed by atoms with Gasteiger partial charge in [0.1, 0.15) is 6.61 Å². The van der Waals surface area contributed by atoms with E-state index in [4.69, 9.17) is 28.0 Å². The summed E-state index contributed by atoms with van der Waals surface area (Å²) in [6.45, 7) is 10.1. The largest absolute Gasteiger partial charge is 0.394 e. The molecule has 1 aliphatic rings. The Balaban J connectivity index is 2.10. The van der Waals surface area contributed by atoms with Gasteiger partial charge in [0.25, 0.3) is 0 Å². The molecular weight excluding hydrogens is 355 g/mol. The van der Waals surface area contributed by atoms with Crippen LogP contribution in [-0.4, -0.2) is 36.9 Å². The van der Waals surface area contributed by atoms with E-state index in [1.807, 2.05) is 18.2 Å². The minimum atomic E-state index is 0.413. The first-order valence-electron chi connectivity index (χ1n) is 9.13. The highest BCUT2D eigenvalue weighted by atomic mass is 35.5. The first-order chi connectivity index (χ1) is 12.0. The quantitative estimate of drug-likeness (QED) is 0.432. The fourth-order valence-electron chi connectivity index (χ4n) is 3.10. The van der Waals surface area contributed by atoms with Crippen LogP contribution in [-0.2, 0) is 4.84 Å². The van der Waals surface area contributed by atoms with Crippen LogP contribution in [0, 0.1) is 5.92 Å². The highest BCUT2D eigenvalue weighted by molar-refractivity contribution is 6.42. The summed E-state index contributed by atoms with van der Waals surface area (Å²) < 4.78 is 0. The second-order valence-corrected chi connectivity index (χ2v) is 7.29. The number of likely N-dealkylation sites (N-methyl/N-ethyl adjacent to an activating group) is 1. The molecule has 0 radical (unpaired) electrons. The van der Waals surface area contributed by atoms with E-state index in [-0.39, 0.29) is 0 Å². The molecule has 1 aliphatic carbocycles. The van der Waals surface area contributed by atoms with Crippen LogP contribution in [0.5, 0.6) is 0 Å². The summed E-state index contributed by atoms with van der Waals surface area (Å²) in [5.41, 5.74) is 3.35. The third kappa shape index (κ3) is 6.02. The molecule has 3 nitrogen and oxygen atoms in total. The zero-order valence-electron chi connectivity index (χ0n) is 15.4. The van der Waals surface area contributed by atoms with E-state index in [2.05, 4.69) is 36.9 Å². The van der Waals surface area contributed by atoms with E-state index in [1.165, 1.54) is 12.0 Å². The molecule has 0 aromatic heterocycles. The van der Waals surface area contributed by atoms with Crippen molar-refractivity contribution >= 4 is 35.0 Å². The molecule has 1 aromatic rings. The molecule has 0 saturated heterocycles. The van der Waals surface area contributed by atoms with Crippen molar-refractivity contribution < 1.29 is 4.84 Å². The van der Waals surface area contributed by atoms with Gasteiger partial charge in [0, 0.05) is 12.5 Å². The Labute approximate surface area is 161 Å². The maximum absolute atomic E-state index is 6.14. The Bertz CT molecular complexity index is 624. The van der Waals surface area contributed by atoms with Gasteiger partial charge in [-0.3, -0.25) is 0 Å². The van der Waals surface area contributed by atoms with Crippen molar-refractivity contribution in [2.45, 2.75) is 40.0 Å². The zero-order chi connectivity index (χ0) is 18.2. The minimum Gasteiger partial charge on any atom is -0.394 e. The number of rotatable bonds is 7. The molecule has 5 heteroatoms. The van der Waals surface area contributed by atoms with E-state index in [9.17, 15) is 0 Å². The molecule has 0 aliphatic heterocycles. The average molecular weight is 383 g/mol. The number of allylic oxidation sites excluding steroid dienone is 1. The summed E-state index contributed by atoms with van der Waals surface area (Å²) >= 11 is 12.1. The van der Waals surface area contributed by atoms with Crippen molar-refractivity contribution in [3.8, 4) is 0 Å². The van der Waals surface area contributed by atoms with Crippen LogP contribution >= 0.6 is 23.2 Å². The highest BCUT2D eigenvalue weighted by Gasteiger charge is 2.21. The SMILES string of the molecule is CCN(CC)CCO/N=C1/C(=C/c2ccc(Cl)c(Cl)c2)CCC[C@H]1C. The van der Waals surface area contributed by atoms with E-state index in [0.29, 0.717) is 22.6 Å². The monoisotopic (exact) mass is 382 g/mol. The third-order valence-corrected chi connectivity index (χ3v) is 5.46. The molecule has 2 rings (SSSR count). The highest BCUT2D eigenvalue weighted by Crippen LogP contribution is 2.29. The van der Waals surface area contributed by atoms with Gasteiger partial charge in [0.05, 0.1) is 15.8 Å². The molecule has 0 bridgehead atoms. The smallest absolute Gasteiger partial charge is 0.129 e. The van der Waals surface area contributed by atoms with Crippen molar-refractivity contribution in [1.82, 2.24) is 4.90 Å². The number of oxime groups is 1. The van der Waals surface area contributed by atoms with Gasteiger partial charge in [-0.15, -0.1) is 0 Å². The molecule has 0 heterocycles. The molecule has 1 saturated carbocycles. The van der Waals surface area contributed by atoms with Crippen molar-refractivity contribution in [3.63, 3.8) is 0 Å². The van der Waals surface area contributed by atoms with E-state index in [0.717, 1.165) is 43.8 Å². The summed E-state index contributed by atoms with van der Waals surface area (Å²) in [6.07, 6.45) is 5.50. The zero-order valence-corrected chi connectivity index (χ0v) is 16.9. The van der Waals surface area contributed by atoms with Crippen LogP contribution in [0.3, 0.4) is 0 Å². The predicted octanol–water partition coefficient (Wildman–Crippen LogP) is 5.91. The number of halogens is 2. The Hall–Kier alpha value is -1.03. The summed E-state index contributed by atoms with van der Waals surface area (Å²) in [4.78, 5) is 7.98. The molecule has 0 N–H and O–H groups in total. The molecule has 0 amide bonds. The van der Waals surface area contributed by atoms with Crippen LogP contribution in [0.2, 0.25) is 10.0 Å². The number of hydrogen-bond acceptors (Lipinski definition) is 3. The van der Waals surface area contributed by atoms with Crippen LogP contribution in [0.4, 0.5) is 0 Å². The lowest BCUT2D eigenvalue weighted by Crippen LogP contribution is -2.27. The Morgan fingerprint density at radius 3 is 2.68 bits per heavy atom. The normalized spacial score (nSPS) is 21.3. The standard InChI is InChI=1S/C20H28Cl2N2O/c1-4-24(5-2)11-12-25-23-20-15(3)7-6-8-17(20)13-16-9-10-18(21)19(22)14-16/h9-10,13-15H,4-8,11-12H2,1-3H3/b17-13+,23-20+/t15-/m1/s1. The van der Waals surface area contributed by atoms with Crippen LogP contribution in [0.15, 0.2) is 28.9 Å². The predicted molar refractivity (Wildman–Crippen MR) is 109 cm³/mol. The van der Waals surface area contributed by atoms with Crippen LogP contribution in [0.1, 0.15) is 45.6 Å². The van der Waals surface area contributed by atoms with Gasteiger partial charge in [0.15, 0.2) is 0 Å². The Kier molecular flexibility index (Phi) is 8.28. The van der Waals surface area contributed by atoms with Gasteiger partial charge in [0.2, 0.25) is 0 Å². The number of hydrogen-bond donors (Lipinski definition) is 0. The molecule has 0 spiro atoms. The third-order valence-electron chi connectivity index (χ3n) is 4.72. The van der Waals surface area contributed by atoms with Gasteiger partial charge >= 0.3 is 0 Å². The topological polar surface area (TPSA) is 24.8 Å². The van der Waals surface area contributed by atoms with Crippen molar-refractivity contribution in [2.24, 2.45) is 11.1 Å². The van der Waals surface area contributed by atoms with Crippen molar-refractivity contribution in [1.29, 1.82) is 0 Å². The molecule has 0 unspecified atom stereocenters.